The number of hydrogen-bond donors (Lipinski definition) is 3. The molecule has 11 heteroatoms. The lowest BCUT2D eigenvalue weighted by atomic mass is 9.95. The van der Waals surface area contributed by atoms with Gasteiger partial charge in [-0.15, -0.1) is 0 Å². The first-order valence-corrected chi connectivity index (χ1v) is 12.2. The second kappa shape index (κ2) is 11.0. The van der Waals surface area contributed by atoms with Crippen LogP contribution in [0.3, 0.4) is 0 Å². The zero-order valence-corrected chi connectivity index (χ0v) is 20.1. The molecule has 1 amide bonds. The number of anilines is 2. The van der Waals surface area contributed by atoms with E-state index in [1.807, 2.05) is 14.1 Å². The van der Waals surface area contributed by atoms with Crippen molar-refractivity contribution in [3.63, 3.8) is 0 Å². The first kappa shape index (κ1) is 24.2. The van der Waals surface area contributed by atoms with Gasteiger partial charge in [-0.05, 0) is 58.5 Å². The van der Waals surface area contributed by atoms with Gasteiger partial charge in [0.2, 0.25) is 0 Å². The number of rotatable bonds is 9. The van der Waals surface area contributed by atoms with Crippen LogP contribution in [-0.4, -0.2) is 70.3 Å². The highest BCUT2D eigenvalue weighted by Crippen LogP contribution is 2.34. The molecule has 3 N–H and O–H groups in total. The maximum Gasteiger partial charge on any atom is 0.280 e. The summed E-state index contributed by atoms with van der Waals surface area (Å²) in [7, 11) is 3.97. The van der Waals surface area contributed by atoms with Gasteiger partial charge >= 0.3 is 0 Å². The predicted molar refractivity (Wildman–Crippen MR) is 129 cm³/mol. The SMILES string of the molecule is CN(C)CCCNC(=O)c1nc2c(Nc3ccc(F)cc3OC3CCCC[C@@H]3O)ncnc2s1. The lowest BCUT2D eigenvalue weighted by Gasteiger charge is -2.29. The van der Waals surface area contributed by atoms with E-state index in [0.29, 0.717) is 46.2 Å². The molecule has 4 rings (SSSR count). The molecule has 1 fully saturated rings. The summed E-state index contributed by atoms with van der Waals surface area (Å²) in [6, 6.07) is 4.16. The average molecular weight is 489 g/mol. The number of amides is 1. The van der Waals surface area contributed by atoms with Crippen molar-refractivity contribution >= 4 is 39.1 Å². The number of halogens is 1. The van der Waals surface area contributed by atoms with Crippen LogP contribution in [-0.2, 0) is 0 Å². The van der Waals surface area contributed by atoms with Crippen LogP contribution in [0.5, 0.6) is 5.75 Å². The van der Waals surface area contributed by atoms with Crippen molar-refractivity contribution in [3.05, 3.63) is 35.4 Å². The number of benzene rings is 1. The highest BCUT2D eigenvalue weighted by molar-refractivity contribution is 7.19. The maximum absolute atomic E-state index is 14.0. The number of ether oxygens (including phenoxy) is 1. The Hall–Kier alpha value is -2.89. The van der Waals surface area contributed by atoms with Crippen LogP contribution in [0.1, 0.15) is 41.9 Å². The maximum atomic E-state index is 14.0. The van der Waals surface area contributed by atoms with Crippen LogP contribution in [0.4, 0.5) is 15.9 Å². The first-order chi connectivity index (χ1) is 16.4. The van der Waals surface area contributed by atoms with Crippen molar-refractivity contribution in [2.45, 2.75) is 44.3 Å². The third kappa shape index (κ3) is 5.96. The van der Waals surface area contributed by atoms with Gasteiger partial charge in [0.25, 0.3) is 5.91 Å². The molecule has 1 aromatic carbocycles. The standard InChI is InChI=1S/C23H29FN6O3S/c1-30(2)11-5-10-25-21(32)23-29-19-20(26-13-27-22(19)34-23)28-15-9-8-14(24)12-18(15)33-17-7-4-3-6-16(17)31/h8-9,12-13,16-17,31H,3-7,10-11H2,1-2H3,(H,25,32)(H,26,27,28)/t16-,17?/m0/s1. The van der Waals surface area contributed by atoms with E-state index in [2.05, 4.69) is 30.5 Å². The summed E-state index contributed by atoms with van der Waals surface area (Å²) in [6.07, 6.45) is 4.49. The van der Waals surface area contributed by atoms with E-state index >= 15 is 0 Å². The Morgan fingerprint density at radius 2 is 2.12 bits per heavy atom. The van der Waals surface area contributed by atoms with Crippen molar-refractivity contribution in [2.24, 2.45) is 0 Å². The van der Waals surface area contributed by atoms with E-state index in [1.54, 1.807) is 6.07 Å². The Kier molecular flexibility index (Phi) is 7.86. The molecule has 0 spiro atoms. The number of nitrogens with zero attached hydrogens (tertiary/aromatic N) is 4. The number of aliphatic hydroxyl groups is 1. The summed E-state index contributed by atoms with van der Waals surface area (Å²) in [5.41, 5.74) is 0.931. The van der Waals surface area contributed by atoms with E-state index in [-0.39, 0.29) is 11.7 Å². The van der Waals surface area contributed by atoms with Crippen LogP contribution < -0.4 is 15.4 Å². The smallest absolute Gasteiger partial charge is 0.280 e. The first-order valence-electron chi connectivity index (χ1n) is 11.4. The summed E-state index contributed by atoms with van der Waals surface area (Å²) in [6.45, 7) is 1.42. The summed E-state index contributed by atoms with van der Waals surface area (Å²) in [4.78, 5) is 28.1. The van der Waals surface area contributed by atoms with Gasteiger partial charge in [0.1, 0.15) is 34.3 Å². The third-order valence-corrected chi connectivity index (χ3v) is 6.56. The number of fused-ring (bicyclic) bond motifs is 1. The lowest BCUT2D eigenvalue weighted by molar-refractivity contribution is 0.00712. The van der Waals surface area contributed by atoms with Crippen LogP contribution in [0.2, 0.25) is 0 Å². The Balaban J connectivity index is 1.53. The largest absolute Gasteiger partial charge is 0.485 e. The van der Waals surface area contributed by atoms with Gasteiger partial charge in [0, 0.05) is 12.6 Å². The predicted octanol–water partition coefficient (Wildman–Crippen LogP) is 3.33. The fraction of sp³-hybridized carbons (Fsp3) is 0.478. The molecule has 1 aliphatic carbocycles. The van der Waals surface area contributed by atoms with Gasteiger partial charge in [-0.2, -0.15) is 0 Å². The van der Waals surface area contributed by atoms with Crippen molar-refractivity contribution in [2.75, 3.05) is 32.5 Å². The minimum Gasteiger partial charge on any atom is -0.485 e. The molecule has 2 atom stereocenters. The second-order valence-electron chi connectivity index (χ2n) is 8.58. The number of carbonyl (C=O) groups excluding carboxylic acids is 1. The summed E-state index contributed by atoms with van der Waals surface area (Å²) >= 11 is 1.18. The topological polar surface area (TPSA) is 113 Å². The molecule has 2 heterocycles. The Labute approximate surface area is 201 Å². The number of aliphatic hydroxyl groups excluding tert-OH is 1. The normalized spacial score (nSPS) is 18.3. The van der Waals surface area contributed by atoms with Gasteiger partial charge in [0.05, 0.1) is 11.8 Å². The Bertz CT molecular complexity index is 1140. The van der Waals surface area contributed by atoms with Gasteiger partial charge in [-0.1, -0.05) is 17.8 Å². The number of aromatic nitrogens is 3. The zero-order chi connectivity index (χ0) is 24.1. The molecule has 2 aromatic heterocycles. The number of thiazole rings is 1. The highest BCUT2D eigenvalue weighted by atomic mass is 32.1. The van der Waals surface area contributed by atoms with E-state index in [1.165, 1.54) is 29.8 Å². The molecule has 182 valence electrons. The van der Waals surface area contributed by atoms with Gasteiger partial charge in [0.15, 0.2) is 10.8 Å². The van der Waals surface area contributed by atoms with E-state index < -0.39 is 18.0 Å². The Morgan fingerprint density at radius 1 is 1.29 bits per heavy atom. The monoisotopic (exact) mass is 488 g/mol. The summed E-state index contributed by atoms with van der Waals surface area (Å²) in [5.74, 6) is -0.0364. The molecule has 3 aromatic rings. The minimum absolute atomic E-state index is 0.259. The minimum atomic E-state index is -0.590. The summed E-state index contributed by atoms with van der Waals surface area (Å²) < 4.78 is 20.0. The highest BCUT2D eigenvalue weighted by Gasteiger charge is 2.26. The molecule has 34 heavy (non-hydrogen) atoms. The molecule has 0 aliphatic heterocycles. The van der Waals surface area contributed by atoms with E-state index in [0.717, 1.165) is 25.8 Å². The van der Waals surface area contributed by atoms with E-state index in [4.69, 9.17) is 4.74 Å². The van der Waals surface area contributed by atoms with Crippen molar-refractivity contribution in [1.29, 1.82) is 0 Å². The van der Waals surface area contributed by atoms with Crippen molar-refractivity contribution < 1.29 is 19.0 Å². The van der Waals surface area contributed by atoms with E-state index in [9.17, 15) is 14.3 Å². The van der Waals surface area contributed by atoms with Crippen molar-refractivity contribution in [1.82, 2.24) is 25.2 Å². The molecule has 1 unspecified atom stereocenters. The molecular weight excluding hydrogens is 459 g/mol. The second-order valence-corrected chi connectivity index (χ2v) is 9.56. The van der Waals surface area contributed by atoms with Crippen LogP contribution in [0.25, 0.3) is 10.3 Å². The molecule has 1 aliphatic rings. The molecule has 0 radical (unpaired) electrons. The van der Waals surface area contributed by atoms with Crippen LogP contribution in [0.15, 0.2) is 24.5 Å². The molecule has 0 saturated heterocycles. The van der Waals surface area contributed by atoms with Crippen molar-refractivity contribution in [3.8, 4) is 5.75 Å². The lowest BCUT2D eigenvalue weighted by Crippen LogP contribution is -2.34. The molecule has 9 nitrogen and oxygen atoms in total. The average Bonchev–Trinajstić information content (AvgIpc) is 3.25. The number of carbonyl (C=O) groups is 1. The third-order valence-electron chi connectivity index (χ3n) is 5.60. The van der Waals surface area contributed by atoms with Gasteiger partial charge in [-0.3, -0.25) is 4.79 Å². The summed E-state index contributed by atoms with van der Waals surface area (Å²) in [5, 5.41) is 16.6. The number of hydrogen-bond acceptors (Lipinski definition) is 9. The van der Waals surface area contributed by atoms with Gasteiger partial charge in [-0.25, -0.2) is 19.3 Å². The molecule has 1 saturated carbocycles. The van der Waals surface area contributed by atoms with Crippen LogP contribution >= 0.6 is 11.3 Å². The quantitative estimate of drug-likeness (QED) is 0.393. The zero-order valence-electron chi connectivity index (χ0n) is 19.3. The Morgan fingerprint density at radius 3 is 2.91 bits per heavy atom. The van der Waals surface area contributed by atoms with Crippen LogP contribution in [0, 0.1) is 5.82 Å². The fourth-order valence-electron chi connectivity index (χ4n) is 3.82. The van der Waals surface area contributed by atoms with Gasteiger partial charge < -0.3 is 25.4 Å². The molecular formula is C23H29FN6O3S. The number of nitrogens with one attached hydrogen (secondary N) is 2. The fourth-order valence-corrected chi connectivity index (χ4v) is 4.64. The molecule has 0 bridgehead atoms.